The Morgan fingerprint density at radius 3 is 2.44 bits per heavy atom. The molecular weight excluding hydrogens is 552 g/mol. The third kappa shape index (κ3) is 4.43. The summed E-state index contributed by atoms with van der Waals surface area (Å²) in [7, 11) is 0. The number of thioether (sulfide) groups is 1. The number of hydrogen-bond donors (Lipinski definition) is 0. The van der Waals surface area contributed by atoms with Gasteiger partial charge in [-0.3, -0.25) is 14.0 Å². The second kappa shape index (κ2) is 10.3. The largest absolute Gasteiger partial charge is 0.293 e. The van der Waals surface area contributed by atoms with Crippen LogP contribution < -0.4 is 5.56 Å². The minimum absolute atomic E-state index is 0.0195. The average Bonchev–Trinajstić information content (AvgIpc) is 3.40. The van der Waals surface area contributed by atoms with Crippen LogP contribution in [0.1, 0.15) is 59.2 Å². The van der Waals surface area contributed by atoms with Crippen LogP contribution in [-0.2, 0) is 11.8 Å². The maximum Gasteiger partial charge on any atom is 0.263 e. The number of rotatable bonds is 5. The number of halogens is 1. The molecule has 41 heavy (non-hydrogen) atoms. The molecule has 1 spiro atoms. The molecule has 0 amide bonds. The molecule has 2 aliphatic rings. The molecule has 206 valence electrons. The Kier molecular flexibility index (Phi) is 6.59. The van der Waals surface area contributed by atoms with E-state index in [1.54, 1.807) is 28.8 Å². The van der Waals surface area contributed by atoms with E-state index in [1.165, 1.54) is 23.7 Å². The number of fused-ring (bicyclic) bond motifs is 6. The van der Waals surface area contributed by atoms with Gasteiger partial charge in [-0.15, -0.1) is 10.2 Å². The van der Waals surface area contributed by atoms with Crippen molar-refractivity contribution in [3.05, 3.63) is 110 Å². The van der Waals surface area contributed by atoms with Gasteiger partial charge in [-0.1, -0.05) is 84.6 Å². The molecule has 2 aliphatic carbocycles. The first-order valence-corrected chi connectivity index (χ1v) is 15.4. The van der Waals surface area contributed by atoms with Crippen LogP contribution in [0.3, 0.4) is 0 Å². The Morgan fingerprint density at radius 1 is 0.951 bits per heavy atom. The molecule has 0 saturated heterocycles. The van der Waals surface area contributed by atoms with Crippen LogP contribution in [0.5, 0.6) is 0 Å². The summed E-state index contributed by atoms with van der Waals surface area (Å²) in [5.74, 6) is 0.628. The van der Waals surface area contributed by atoms with Crippen LogP contribution in [0, 0.1) is 6.92 Å². The van der Waals surface area contributed by atoms with Gasteiger partial charge < -0.3 is 0 Å². The molecule has 0 unspecified atom stereocenters. The number of nitrogens with zero attached hydrogens (tertiary/aromatic N) is 4. The number of aryl methyl sites for hydroxylation is 1. The van der Waals surface area contributed by atoms with Crippen LogP contribution in [0.2, 0.25) is 5.02 Å². The quantitative estimate of drug-likeness (QED) is 0.162. The van der Waals surface area contributed by atoms with E-state index in [9.17, 15) is 9.59 Å². The summed E-state index contributed by atoms with van der Waals surface area (Å²) in [6, 6.07) is 23.3. The number of hydrogen-bond acceptors (Lipinski definition) is 5. The van der Waals surface area contributed by atoms with Crippen LogP contribution in [-0.4, -0.2) is 30.7 Å². The van der Waals surface area contributed by atoms with Gasteiger partial charge in [0.25, 0.3) is 5.56 Å². The van der Waals surface area contributed by atoms with Gasteiger partial charge in [-0.2, -0.15) is 0 Å². The Hall–Kier alpha value is -3.68. The predicted octanol–water partition coefficient (Wildman–Crippen LogP) is 7.24. The Balaban J connectivity index is 1.47. The number of Topliss-reactive ketones (excluding diaryl/α,β-unsaturated/α-hetero) is 1. The monoisotopic (exact) mass is 580 g/mol. The zero-order valence-electron chi connectivity index (χ0n) is 22.8. The second-order valence-electron chi connectivity index (χ2n) is 11.2. The Morgan fingerprint density at radius 2 is 1.68 bits per heavy atom. The van der Waals surface area contributed by atoms with Crippen LogP contribution in [0.4, 0.5) is 0 Å². The van der Waals surface area contributed by atoms with E-state index in [2.05, 4.69) is 28.4 Å². The highest BCUT2D eigenvalue weighted by Gasteiger charge is 2.44. The molecule has 2 aromatic heterocycles. The van der Waals surface area contributed by atoms with Crippen molar-refractivity contribution in [2.75, 3.05) is 5.75 Å². The maximum absolute atomic E-state index is 14.7. The molecule has 0 atom stereocenters. The third-order valence-corrected chi connectivity index (χ3v) is 9.81. The van der Waals surface area contributed by atoms with Gasteiger partial charge in [0.1, 0.15) is 0 Å². The molecule has 5 aromatic rings. The van der Waals surface area contributed by atoms with Crippen molar-refractivity contribution >= 4 is 34.9 Å². The highest BCUT2D eigenvalue weighted by atomic mass is 35.5. The fourth-order valence-electron chi connectivity index (χ4n) is 6.63. The molecule has 7 rings (SSSR count). The molecule has 8 heteroatoms. The number of carbonyl (C=O) groups excluding carboxylic acids is 1. The van der Waals surface area contributed by atoms with E-state index in [4.69, 9.17) is 11.6 Å². The lowest BCUT2D eigenvalue weighted by molar-refractivity contribution is 0.102. The van der Waals surface area contributed by atoms with Crippen molar-refractivity contribution in [2.24, 2.45) is 0 Å². The van der Waals surface area contributed by atoms with E-state index >= 15 is 0 Å². The molecule has 0 N–H and O–H groups in total. The standard InChI is InChI=1S/C33H29ClN4O2S/c1-21-9-15-25(16-10-21)37-30(40)28-29(26-8-4-3-7-23(26)19-33(28)17-5-2-6-18-33)38-31(37)35-36-32(38)41-20-27(39)22-11-13-24(34)14-12-22/h3-4,7-16H,2,5-6,17-20H2,1H3. The van der Waals surface area contributed by atoms with Gasteiger partial charge >= 0.3 is 0 Å². The average molecular weight is 581 g/mol. The van der Waals surface area contributed by atoms with E-state index in [1.807, 2.05) is 41.7 Å². The summed E-state index contributed by atoms with van der Waals surface area (Å²) < 4.78 is 3.76. The van der Waals surface area contributed by atoms with E-state index < -0.39 is 0 Å². The van der Waals surface area contributed by atoms with E-state index in [-0.39, 0.29) is 22.5 Å². The molecule has 1 fully saturated rings. The molecule has 0 bridgehead atoms. The first-order chi connectivity index (χ1) is 19.9. The summed E-state index contributed by atoms with van der Waals surface area (Å²) in [6.45, 7) is 2.03. The summed E-state index contributed by atoms with van der Waals surface area (Å²) in [4.78, 5) is 27.8. The lowest BCUT2D eigenvalue weighted by Crippen LogP contribution is -2.43. The van der Waals surface area contributed by atoms with Gasteiger partial charge in [0.15, 0.2) is 10.9 Å². The van der Waals surface area contributed by atoms with Gasteiger partial charge in [-0.25, -0.2) is 4.57 Å². The van der Waals surface area contributed by atoms with Gasteiger partial charge in [0.2, 0.25) is 5.78 Å². The number of carbonyl (C=O) groups is 1. The maximum atomic E-state index is 14.7. The van der Waals surface area contributed by atoms with E-state index in [0.717, 1.165) is 60.2 Å². The van der Waals surface area contributed by atoms with Crippen LogP contribution in [0.25, 0.3) is 22.7 Å². The zero-order chi connectivity index (χ0) is 28.1. The van der Waals surface area contributed by atoms with Crippen molar-refractivity contribution in [3.63, 3.8) is 0 Å². The van der Waals surface area contributed by atoms with Gasteiger partial charge in [0.05, 0.1) is 17.1 Å². The highest BCUT2D eigenvalue weighted by Crippen LogP contribution is 2.49. The first kappa shape index (κ1) is 26.2. The predicted molar refractivity (Wildman–Crippen MR) is 164 cm³/mol. The lowest BCUT2D eigenvalue weighted by atomic mass is 9.62. The topological polar surface area (TPSA) is 69.3 Å². The molecular formula is C33H29ClN4O2S. The van der Waals surface area contributed by atoms with Gasteiger partial charge in [-0.05, 0) is 68.1 Å². The Bertz CT molecular complexity index is 1850. The second-order valence-corrected chi connectivity index (χ2v) is 12.6. The molecule has 3 aromatic carbocycles. The molecule has 2 heterocycles. The third-order valence-electron chi connectivity index (χ3n) is 8.63. The Labute approximate surface area is 247 Å². The van der Waals surface area contributed by atoms with Crippen molar-refractivity contribution < 1.29 is 4.79 Å². The lowest BCUT2D eigenvalue weighted by Gasteiger charge is -2.42. The smallest absolute Gasteiger partial charge is 0.263 e. The number of ketones is 1. The minimum Gasteiger partial charge on any atom is -0.293 e. The summed E-state index contributed by atoms with van der Waals surface area (Å²) >= 11 is 7.38. The zero-order valence-corrected chi connectivity index (χ0v) is 24.3. The summed E-state index contributed by atoms with van der Waals surface area (Å²) in [5, 5.41) is 10.3. The van der Waals surface area contributed by atoms with Crippen LogP contribution in [0.15, 0.2) is 82.7 Å². The molecule has 1 saturated carbocycles. The number of benzene rings is 3. The van der Waals surface area contributed by atoms with Crippen LogP contribution >= 0.6 is 23.4 Å². The van der Waals surface area contributed by atoms with Crippen molar-refractivity contribution in [1.82, 2.24) is 19.2 Å². The highest BCUT2D eigenvalue weighted by molar-refractivity contribution is 7.99. The SMILES string of the molecule is Cc1ccc(-n2c(=O)c3c(n4c(SCC(=O)c5ccc(Cl)cc5)nnc24)-c2ccccc2CC32CCCCC2)cc1. The fraction of sp³-hybridized carbons (Fsp3) is 0.273. The number of aromatic nitrogens is 4. The normalized spacial score (nSPS) is 15.6. The first-order valence-electron chi connectivity index (χ1n) is 14.1. The minimum atomic E-state index is -0.245. The van der Waals surface area contributed by atoms with Crippen molar-refractivity contribution in [3.8, 4) is 16.9 Å². The molecule has 0 aliphatic heterocycles. The van der Waals surface area contributed by atoms with Crippen molar-refractivity contribution in [2.45, 2.75) is 56.0 Å². The van der Waals surface area contributed by atoms with Gasteiger partial charge in [0, 0.05) is 27.1 Å². The van der Waals surface area contributed by atoms with E-state index in [0.29, 0.717) is 21.5 Å². The van der Waals surface area contributed by atoms with Crippen molar-refractivity contribution in [1.29, 1.82) is 0 Å². The summed E-state index contributed by atoms with van der Waals surface area (Å²) in [5.41, 5.74) is 6.24. The fourth-order valence-corrected chi connectivity index (χ4v) is 7.59. The molecule has 6 nitrogen and oxygen atoms in total. The molecule has 0 radical (unpaired) electrons. The summed E-state index contributed by atoms with van der Waals surface area (Å²) in [6.07, 6.45) is 6.19.